The molecule has 0 saturated heterocycles. The fourth-order valence-electron chi connectivity index (χ4n) is 2.02. The standard InChI is InChI=1S/C13H17NO4/c1-13(2,3)18-12(17)14-10-5-4-9(15)6-8(10)7-11(14)16/h5,7,9,15H,4,6H2,1-3H3/t9-/m1/s1. The largest absolute Gasteiger partial charge is 0.443 e. The molecule has 0 radical (unpaired) electrons. The molecule has 0 spiro atoms. The molecule has 0 fully saturated rings. The van der Waals surface area contributed by atoms with Gasteiger partial charge in [-0.1, -0.05) is 6.08 Å². The van der Waals surface area contributed by atoms with Gasteiger partial charge in [0.1, 0.15) is 5.60 Å². The third-order valence-corrected chi connectivity index (χ3v) is 2.70. The number of ether oxygens (including phenoxy) is 1. The molecular weight excluding hydrogens is 234 g/mol. The Bertz CT molecular complexity index is 456. The fraction of sp³-hybridized carbons (Fsp3) is 0.538. The van der Waals surface area contributed by atoms with E-state index in [9.17, 15) is 14.7 Å². The monoisotopic (exact) mass is 251 g/mol. The summed E-state index contributed by atoms with van der Waals surface area (Å²) in [4.78, 5) is 24.8. The topological polar surface area (TPSA) is 66.8 Å². The highest BCUT2D eigenvalue weighted by Crippen LogP contribution is 2.33. The molecule has 5 heteroatoms. The molecule has 2 rings (SSSR count). The number of rotatable bonds is 0. The quantitative estimate of drug-likeness (QED) is 0.712. The fourth-order valence-corrected chi connectivity index (χ4v) is 2.02. The highest BCUT2D eigenvalue weighted by atomic mass is 16.6. The summed E-state index contributed by atoms with van der Waals surface area (Å²) in [7, 11) is 0. The average molecular weight is 251 g/mol. The smallest absolute Gasteiger partial charge is 0.422 e. The average Bonchev–Trinajstić information content (AvgIpc) is 2.50. The molecule has 1 aliphatic carbocycles. The van der Waals surface area contributed by atoms with E-state index in [4.69, 9.17) is 4.74 Å². The number of carbonyl (C=O) groups is 2. The number of hydrogen-bond donors (Lipinski definition) is 1. The number of fused-ring (bicyclic) bond motifs is 1. The predicted octanol–water partition coefficient (Wildman–Crippen LogP) is 1.73. The van der Waals surface area contributed by atoms with Crippen LogP contribution in [0, 0.1) is 0 Å². The zero-order valence-electron chi connectivity index (χ0n) is 10.8. The van der Waals surface area contributed by atoms with E-state index < -0.39 is 23.7 Å². The summed E-state index contributed by atoms with van der Waals surface area (Å²) in [6, 6.07) is 0. The van der Waals surface area contributed by atoms with Crippen molar-refractivity contribution in [2.24, 2.45) is 0 Å². The minimum absolute atomic E-state index is 0.400. The molecule has 0 aromatic rings. The second kappa shape index (κ2) is 4.24. The van der Waals surface area contributed by atoms with Crippen molar-refractivity contribution >= 4 is 12.0 Å². The summed E-state index contributed by atoms with van der Waals surface area (Å²) in [6.45, 7) is 5.25. The van der Waals surface area contributed by atoms with Crippen molar-refractivity contribution in [1.29, 1.82) is 0 Å². The van der Waals surface area contributed by atoms with Gasteiger partial charge in [0, 0.05) is 12.5 Å². The zero-order valence-corrected chi connectivity index (χ0v) is 10.8. The first-order chi connectivity index (χ1) is 8.28. The lowest BCUT2D eigenvalue weighted by atomic mass is 9.97. The Kier molecular flexibility index (Phi) is 3.02. The van der Waals surface area contributed by atoms with E-state index in [0.717, 1.165) is 4.90 Å². The molecule has 1 atom stereocenters. The predicted molar refractivity (Wildman–Crippen MR) is 64.5 cm³/mol. The lowest BCUT2D eigenvalue weighted by Crippen LogP contribution is -2.37. The Morgan fingerprint density at radius 3 is 2.78 bits per heavy atom. The van der Waals surface area contributed by atoms with Crippen LogP contribution in [-0.2, 0) is 9.53 Å². The van der Waals surface area contributed by atoms with Crippen LogP contribution in [0.5, 0.6) is 0 Å². The van der Waals surface area contributed by atoms with Crippen LogP contribution in [0.1, 0.15) is 33.6 Å². The van der Waals surface area contributed by atoms with E-state index in [1.54, 1.807) is 26.8 Å². The molecular formula is C13H17NO4. The van der Waals surface area contributed by atoms with Crippen LogP contribution in [0.4, 0.5) is 4.79 Å². The second-order valence-electron chi connectivity index (χ2n) is 5.51. The molecule has 1 N–H and O–H groups in total. The van der Waals surface area contributed by atoms with Gasteiger partial charge in [-0.25, -0.2) is 9.69 Å². The Hall–Kier alpha value is -1.62. The highest BCUT2D eigenvalue weighted by Gasteiger charge is 2.37. The Morgan fingerprint density at radius 2 is 2.17 bits per heavy atom. The van der Waals surface area contributed by atoms with Crippen LogP contribution in [-0.4, -0.2) is 33.7 Å². The van der Waals surface area contributed by atoms with Gasteiger partial charge in [0.2, 0.25) is 0 Å². The van der Waals surface area contributed by atoms with Crippen molar-refractivity contribution in [2.75, 3.05) is 0 Å². The van der Waals surface area contributed by atoms with Gasteiger partial charge in [0.05, 0.1) is 11.8 Å². The van der Waals surface area contributed by atoms with Crippen molar-refractivity contribution in [1.82, 2.24) is 4.90 Å². The van der Waals surface area contributed by atoms with Gasteiger partial charge in [-0.2, -0.15) is 0 Å². The van der Waals surface area contributed by atoms with Gasteiger partial charge in [-0.15, -0.1) is 0 Å². The first kappa shape index (κ1) is 12.8. The summed E-state index contributed by atoms with van der Waals surface area (Å²) < 4.78 is 5.20. The first-order valence-corrected chi connectivity index (χ1v) is 5.94. The lowest BCUT2D eigenvalue weighted by molar-refractivity contribution is -0.122. The molecule has 1 heterocycles. The summed E-state index contributed by atoms with van der Waals surface area (Å²) in [5.74, 6) is -0.403. The van der Waals surface area contributed by atoms with Gasteiger partial charge in [0.25, 0.3) is 5.91 Å². The highest BCUT2D eigenvalue weighted by molar-refractivity contribution is 6.05. The second-order valence-corrected chi connectivity index (χ2v) is 5.51. The molecule has 98 valence electrons. The number of allylic oxidation sites excluding steroid dienone is 1. The van der Waals surface area contributed by atoms with Gasteiger partial charge in [-0.3, -0.25) is 4.79 Å². The van der Waals surface area contributed by atoms with Crippen molar-refractivity contribution in [3.63, 3.8) is 0 Å². The van der Waals surface area contributed by atoms with Gasteiger partial charge in [0.15, 0.2) is 0 Å². The van der Waals surface area contributed by atoms with Crippen LogP contribution in [0.25, 0.3) is 0 Å². The minimum atomic E-state index is -0.665. The Balaban J connectivity index is 2.21. The number of amides is 2. The van der Waals surface area contributed by atoms with E-state index in [-0.39, 0.29) is 0 Å². The summed E-state index contributed by atoms with van der Waals surface area (Å²) in [5.41, 5.74) is 0.610. The summed E-state index contributed by atoms with van der Waals surface area (Å²) in [5, 5.41) is 9.52. The van der Waals surface area contributed by atoms with E-state index in [2.05, 4.69) is 0 Å². The molecule has 5 nitrogen and oxygen atoms in total. The molecule has 2 amide bonds. The molecule has 18 heavy (non-hydrogen) atoms. The third kappa shape index (κ3) is 2.46. The minimum Gasteiger partial charge on any atom is -0.443 e. The Labute approximate surface area is 106 Å². The molecule has 0 aromatic heterocycles. The van der Waals surface area contributed by atoms with Crippen molar-refractivity contribution in [3.05, 3.63) is 23.4 Å². The molecule has 1 aliphatic heterocycles. The van der Waals surface area contributed by atoms with E-state index in [1.165, 1.54) is 6.08 Å². The van der Waals surface area contributed by atoms with Crippen LogP contribution in [0.2, 0.25) is 0 Å². The third-order valence-electron chi connectivity index (χ3n) is 2.70. The van der Waals surface area contributed by atoms with Crippen LogP contribution < -0.4 is 0 Å². The number of imide groups is 1. The van der Waals surface area contributed by atoms with Gasteiger partial charge in [-0.05, 0) is 32.8 Å². The Morgan fingerprint density at radius 1 is 1.50 bits per heavy atom. The van der Waals surface area contributed by atoms with E-state index in [0.29, 0.717) is 24.1 Å². The maximum atomic E-state index is 12.0. The van der Waals surface area contributed by atoms with Gasteiger partial charge >= 0.3 is 6.09 Å². The number of nitrogens with zero attached hydrogens (tertiary/aromatic N) is 1. The van der Waals surface area contributed by atoms with Crippen LogP contribution >= 0.6 is 0 Å². The van der Waals surface area contributed by atoms with Crippen LogP contribution in [0.15, 0.2) is 23.4 Å². The SMILES string of the molecule is CC(C)(C)OC(=O)N1C(=O)C=C2C[C@H](O)CC=C21. The molecule has 0 bridgehead atoms. The summed E-state index contributed by atoms with van der Waals surface area (Å²) in [6.07, 6.45) is 2.79. The number of aliphatic hydroxyl groups excluding tert-OH is 1. The first-order valence-electron chi connectivity index (χ1n) is 5.94. The van der Waals surface area contributed by atoms with Crippen molar-refractivity contribution in [2.45, 2.75) is 45.3 Å². The molecule has 0 unspecified atom stereocenters. The lowest BCUT2D eigenvalue weighted by Gasteiger charge is -2.26. The van der Waals surface area contributed by atoms with Gasteiger partial charge < -0.3 is 9.84 Å². The maximum Gasteiger partial charge on any atom is 0.422 e. The molecule has 0 aromatic carbocycles. The maximum absolute atomic E-state index is 12.0. The summed E-state index contributed by atoms with van der Waals surface area (Å²) >= 11 is 0. The number of carbonyl (C=O) groups excluding carboxylic acids is 2. The number of hydrogen-bond acceptors (Lipinski definition) is 4. The number of aliphatic hydroxyl groups is 1. The molecule has 0 saturated carbocycles. The van der Waals surface area contributed by atoms with E-state index >= 15 is 0 Å². The van der Waals surface area contributed by atoms with Crippen molar-refractivity contribution in [3.8, 4) is 0 Å². The normalized spacial score (nSPS) is 23.4. The van der Waals surface area contributed by atoms with Crippen LogP contribution in [0.3, 0.4) is 0 Å². The molecule has 2 aliphatic rings. The van der Waals surface area contributed by atoms with E-state index in [1.807, 2.05) is 0 Å². The van der Waals surface area contributed by atoms with Crippen molar-refractivity contribution < 1.29 is 19.4 Å². The zero-order chi connectivity index (χ0) is 13.5.